The Kier molecular flexibility index (Phi) is 5.42. The molecule has 4 rings (SSSR count). The van der Waals surface area contributed by atoms with E-state index in [0.717, 1.165) is 11.3 Å². The Morgan fingerprint density at radius 3 is 2.47 bits per heavy atom. The van der Waals surface area contributed by atoms with Crippen molar-refractivity contribution in [3.8, 4) is 11.5 Å². The topological polar surface area (TPSA) is 55.8 Å². The highest BCUT2D eigenvalue weighted by atomic mass is 79.9. The van der Waals surface area contributed by atoms with Crippen LogP contribution in [0.4, 0.5) is 5.69 Å². The average Bonchev–Trinajstić information content (AvgIpc) is 3.03. The lowest BCUT2D eigenvalue weighted by molar-refractivity contribution is 0.0733. The van der Waals surface area contributed by atoms with Crippen LogP contribution in [0.25, 0.3) is 6.08 Å². The summed E-state index contributed by atoms with van der Waals surface area (Å²) < 4.78 is 11.8. The third-order valence-corrected chi connectivity index (χ3v) is 5.34. The van der Waals surface area contributed by atoms with Crippen molar-refractivity contribution in [3.05, 3.63) is 93.7 Å². The Morgan fingerprint density at radius 1 is 1.03 bits per heavy atom. The van der Waals surface area contributed by atoms with Gasteiger partial charge in [-0.25, -0.2) is 4.79 Å². The second kappa shape index (κ2) is 8.16. The van der Waals surface area contributed by atoms with E-state index < -0.39 is 5.97 Å². The number of rotatable bonds is 4. The lowest BCUT2D eigenvalue weighted by Crippen LogP contribution is -2.09. The van der Waals surface area contributed by atoms with Gasteiger partial charge in [-0.05, 0) is 64.0 Å². The largest absolute Gasteiger partial charge is 0.452 e. The molecule has 0 radical (unpaired) electrons. The van der Waals surface area contributed by atoms with E-state index >= 15 is 0 Å². The second-order valence-electron chi connectivity index (χ2n) is 6.95. The first kappa shape index (κ1) is 19.9. The molecule has 1 aliphatic heterocycles. The lowest BCUT2D eigenvalue weighted by atomic mass is 10.1. The van der Waals surface area contributed by atoms with Crippen LogP contribution >= 0.6 is 15.9 Å². The third-order valence-electron chi connectivity index (χ3n) is 4.65. The number of esters is 1. The van der Waals surface area contributed by atoms with Crippen LogP contribution in [0.5, 0.6) is 11.5 Å². The smallest absolute Gasteiger partial charge is 0.344 e. The van der Waals surface area contributed by atoms with Gasteiger partial charge in [0.05, 0.1) is 11.1 Å². The van der Waals surface area contributed by atoms with E-state index in [1.165, 1.54) is 0 Å². The Morgan fingerprint density at radius 2 is 1.77 bits per heavy atom. The molecule has 3 aromatic carbocycles. The molecule has 0 spiro atoms. The maximum absolute atomic E-state index is 12.7. The molecular weight excluding hydrogens is 446 g/mol. The van der Waals surface area contributed by atoms with E-state index in [2.05, 4.69) is 15.9 Å². The van der Waals surface area contributed by atoms with E-state index in [1.54, 1.807) is 42.5 Å². The molecule has 1 aliphatic rings. The first-order chi connectivity index (χ1) is 14.4. The highest BCUT2D eigenvalue weighted by molar-refractivity contribution is 9.10. The number of benzene rings is 3. The number of ether oxygens (including phenoxy) is 2. The van der Waals surface area contributed by atoms with Gasteiger partial charge in [-0.2, -0.15) is 0 Å². The summed E-state index contributed by atoms with van der Waals surface area (Å²) in [6, 6.07) is 19.5. The van der Waals surface area contributed by atoms with Gasteiger partial charge in [0.25, 0.3) is 0 Å². The predicted octanol–water partition coefficient (Wildman–Crippen LogP) is 5.35. The first-order valence-corrected chi connectivity index (χ1v) is 10.0. The van der Waals surface area contributed by atoms with Crippen LogP contribution in [0, 0.1) is 0 Å². The van der Waals surface area contributed by atoms with E-state index in [-0.39, 0.29) is 11.5 Å². The van der Waals surface area contributed by atoms with E-state index in [0.29, 0.717) is 27.1 Å². The molecule has 0 bridgehead atoms. The molecule has 0 amide bonds. The van der Waals surface area contributed by atoms with Gasteiger partial charge in [-0.1, -0.05) is 24.3 Å². The van der Waals surface area contributed by atoms with Crippen molar-refractivity contribution in [2.24, 2.45) is 0 Å². The highest BCUT2D eigenvalue weighted by Crippen LogP contribution is 2.35. The van der Waals surface area contributed by atoms with Crippen molar-refractivity contribution < 1.29 is 19.1 Å². The average molecular weight is 464 g/mol. The number of ketones is 1. The molecule has 30 heavy (non-hydrogen) atoms. The summed E-state index contributed by atoms with van der Waals surface area (Å²) in [7, 11) is 3.93. The van der Waals surface area contributed by atoms with Crippen molar-refractivity contribution in [2.45, 2.75) is 0 Å². The van der Waals surface area contributed by atoms with E-state index in [4.69, 9.17) is 9.47 Å². The Hall–Kier alpha value is -3.38. The number of carbonyl (C=O) groups is 2. The number of Topliss-reactive ketones (excluding diaryl/α,β-unsaturated/α-hetero) is 1. The number of carbonyl (C=O) groups excluding carboxylic acids is 2. The molecular formula is C24H18BrNO4. The van der Waals surface area contributed by atoms with E-state index in [1.807, 2.05) is 49.3 Å². The Balaban J connectivity index is 1.54. The molecule has 3 aromatic rings. The minimum atomic E-state index is -0.497. The van der Waals surface area contributed by atoms with Crippen LogP contribution in [0.3, 0.4) is 0 Å². The van der Waals surface area contributed by atoms with Gasteiger partial charge in [-0.3, -0.25) is 4.79 Å². The summed E-state index contributed by atoms with van der Waals surface area (Å²) in [5, 5.41) is 0. The van der Waals surface area contributed by atoms with Crippen LogP contribution < -0.4 is 14.4 Å². The van der Waals surface area contributed by atoms with E-state index in [9.17, 15) is 9.59 Å². The molecule has 150 valence electrons. The van der Waals surface area contributed by atoms with Gasteiger partial charge < -0.3 is 14.4 Å². The number of allylic oxidation sites excluding steroid dienone is 1. The summed E-state index contributed by atoms with van der Waals surface area (Å²) in [5.74, 6) is 0.207. The molecule has 0 N–H and O–H groups in total. The minimum absolute atomic E-state index is 0.203. The molecule has 1 heterocycles. The molecule has 0 saturated carbocycles. The van der Waals surface area contributed by atoms with Gasteiger partial charge >= 0.3 is 5.97 Å². The van der Waals surface area contributed by atoms with Crippen molar-refractivity contribution in [1.29, 1.82) is 0 Å². The fourth-order valence-corrected chi connectivity index (χ4v) is 3.49. The SMILES string of the molecule is CN(C)c1ccc(/C=C2\Oc3cc(OC(=O)c4ccccc4Br)ccc3C2=O)cc1. The van der Waals surface area contributed by atoms with Crippen molar-refractivity contribution in [3.63, 3.8) is 0 Å². The highest BCUT2D eigenvalue weighted by Gasteiger charge is 2.28. The predicted molar refractivity (Wildman–Crippen MR) is 119 cm³/mol. The number of hydrogen-bond donors (Lipinski definition) is 0. The van der Waals surface area contributed by atoms with Crippen molar-refractivity contribution >= 4 is 39.4 Å². The normalized spacial score (nSPS) is 13.7. The van der Waals surface area contributed by atoms with Crippen molar-refractivity contribution in [2.75, 3.05) is 19.0 Å². The van der Waals surface area contributed by atoms with Gasteiger partial charge in [0.15, 0.2) is 5.76 Å². The molecule has 0 unspecified atom stereocenters. The summed E-state index contributed by atoms with van der Waals surface area (Å²) >= 11 is 3.34. The van der Waals surface area contributed by atoms with Crippen LogP contribution in [0.1, 0.15) is 26.3 Å². The summed E-state index contributed by atoms with van der Waals surface area (Å²) in [5.41, 5.74) is 2.77. The number of fused-ring (bicyclic) bond motifs is 1. The molecule has 0 aliphatic carbocycles. The maximum Gasteiger partial charge on any atom is 0.344 e. The maximum atomic E-state index is 12.7. The number of halogens is 1. The molecule has 0 saturated heterocycles. The monoisotopic (exact) mass is 463 g/mol. The van der Waals surface area contributed by atoms with Gasteiger partial charge in [-0.15, -0.1) is 0 Å². The second-order valence-corrected chi connectivity index (χ2v) is 7.81. The summed E-state index contributed by atoms with van der Waals surface area (Å²) in [4.78, 5) is 27.1. The zero-order valence-corrected chi connectivity index (χ0v) is 18.0. The molecule has 0 atom stereocenters. The Labute approximate surface area is 182 Å². The standard InChI is InChI=1S/C24H18BrNO4/c1-26(2)16-9-7-15(8-10-16)13-22-23(27)19-12-11-17(14-21(19)30-22)29-24(28)18-5-3-4-6-20(18)25/h3-14H,1-2H3/b22-13-. The minimum Gasteiger partial charge on any atom is -0.452 e. The zero-order valence-electron chi connectivity index (χ0n) is 16.4. The number of anilines is 1. The Bertz CT molecular complexity index is 1170. The fourth-order valence-electron chi connectivity index (χ4n) is 3.04. The third kappa shape index (κ3) is 4.00. The fraction of sp³-hybridized carbons (Fsp3) is 0.0833. The van der Waals surface area contributed by atoms with Crippen LogP contribution in [0.15, 0.2) is 77.0 Å². The van der Waals surface area contributed by atoms with Gasteiger partial charge in [0, 0.05) is 30.3 Å². The molecule has 0 fully saturated rings. The number of hydrogen-bond acceptors (Lipinski definition) is 5. The van der Waals surface area contributed by atoms with Crippen LogP contribution in [-0.4, -0.2) is 25.8 Å². The van der Waals surface area contributed by atoms with Gasteiger partial charge in [0.1, 0.15) is 11.5 Å². The summed E-state index contributed by atoms with van der Waals surface area (Å²) in [6.45, 7) is 0. The van der Waals surface area contributed by atoms with Crippen LogP contribution in [-0.2, 0) is 0 Å². The molecule has 6 heteroatoms. The first-order valence-electron chi connectivity index (χ1n) is 9.25. The molecule has 5 nitrogen and oxygen atoms in total. The van der Waals surface area contributed by atoms with Crippen molar-refractivity contribution in [1.82, 2.24) is 0 Å². The van der Waals surface area contributed by atoms with Gasteiger partial charge in [0.2, 0.25) is 5.78 Å². The quantitative estimate of drug-likeness (QED) is 0.296. The lowest BCUT2D eigenvalue weighted by Gasteiger charge is -2.11. The molecule has 0 aromatic heterocycles. The summed E-state index contributed by atoms with van der Waals surface area (Å²) in [6.07, 6.45) is 1.70. The zero-order chi connectivity index (χ0) is 21.3. The number of nitrogens with zero attached hydrogens (tertiary/aromatic N) is 1. The van der Waals surface area contributed by atoms with Crippen LogP contribution in [0.2, 0.25) is 0 Å².